The molecule has 0 spiro atoms. The van der Waals surface area contributed by atoms with Crippen molar-refractivity contribution < 1.29 is 25.9 Å². The molecule has 3 N–H and O–H groups in total. The SMILES string of the molecule is Nc1ccc2cc(S(=O)(=O)[O-])cc(S(=O)(=O)O)c2c1.[K]. The van der Waals surface area contributed by atoms with Crippen LogP contribution in [0.3, 0.4) is 0 Å². The van der Waals surface area contributed by atoms with Gasteiger partial charge in [0.2, 0.25) is 0 Å². The van der Waals surface area contributed by atoms with Crippen molar-refractivity contribution in [3.05, 3.63) is 30.3 Å². The zero-order chi connectivity index (χ0) is 14.4. The quantitative estimate of drug-likeness (QED) is 0.452. The van der Waals surface area contributed by atoms with Crippen LogP contribution in [-0.2, 0) is 20.2 Å². The van der Waals surface area contributed by atoms with E-state index in [1.165, 1.54) is 18.2 Å². The molecule has 0 aliphatic carbocycles. The van der Waals surface area contributed by atoms with Crippen LogP contribution in [0, 0.1) is 0 Å². The summed E-state index contributed by atoms with van der Waals surface area (Å²) in [6.07, 6.45) is 0. The van der Waals surface area contributed by atoms with E-state index in [0.717, 1.165) is 6.07 Å². The summed E-state index contributed by atoms with van der Waals surface area (Å²) in [7, 11) is -9.53. The Balaban J connectivity index is 0.00000200. The Morgan fingerprint density at radius 2 is 1.65 bits per heavy atom. The van der Waals surface area contributed by atoms with Crippen LogP contribution in [0.25, 0.3) is 10.8 Å². The van der Waals surface area contributed by atoms with Gasteiger partial charge in [-0.05, 0) is 29.7 Å². The monoisotopic (exact) mass is 341 g/mol. The zero-order valence-corrected chi connectivity index (χ0v) is 15.0. The average molecular weight is 341 g/mol. The van der Waals surface area contributed by atoms with Crippen LogP contribution in [-0.4, -0.2) is 77.3 Å². The predicted molar refractivity (Wildman–Crippen MR) is 71.9 cm³/mol. The standard InChI is InChI=1S/C10H9NO6S2.K/c11-7-2-1-6-3-8(18(12,13)14)5-10(9(6)4-7)19(15,16)17;/h1-5H,11H2,(H,12,13,14)(H,15,16,17);/p-1. The summed E-state index contributed by atoms with van der Waals surface area (Å²) >= 11 is 0. The van der Waals surface area contributed by atoms with Gasteiger partial charge in [0.25, 0.3) is 10.1 Å². The molecule has 0 heterocycles. The minimum Gasteiger partial charge on any atom is -0.744 e. The van der Waals surface area contributed by atoms with Gasteiger partial charge < -0.3 is 10.3 Å². The Labute approximate surface area is 158 Å². The number of nitrogen functional groups attached to an aromatic ring is 1. The summed E-state index contributed by atoms with van der Waals surface area (Å²) in [4.78, 5) is -1.41. The Bertz CT molecular complexity index is 876. The van der Waals surface area contributed by atoms with Crippen LogP contribution < -0.4 is 5.73 Å². The molecule has 0 atom stereocenters. The second-order valence-electron chi connectivity index (χ2n) is 3.83. The Hall–Kier alpha value is -0.0436. The summed E-state index contributed by atoms with van der Waals surface area (Å²) in [6, 6.07) is 5.66. The number of hydrogen-bond acceptors (Lipinski definition) is 6. The van der Waals surface area contributed by atoms with E-state index in [4.69, 9.17) is 10.3 Å². The van der Waals surface area contributed by atoms with Crippen molar-refractivity contribution in [1.82, 2.24) is 0 Å². The zero-order valence-electron chi connectivity index (χ0n) is 10.3. The first-order valence-electron chi connectivity index (χ1n) is 4.86. The molecule has 0 amide bonds. The molecular formula is C10H8KNO6S2-. The minimum absolute atomic E-state index is 0. The summed E-state index contributed by atoms with van der Waals surface area (Å²) < 4.78 is 64.5. The van der Waals surface area contributed by atoms with Gasteiger partial charge >= 0.3 is 0 Å². The molecule has 0 aliphatic heterocycles. The second-order valence-corrected chi connectivity index (χ2v) is 6.60. The second kappa shape index (κ2) is 5.99. The molecule has 0 bridgehead atoms. The van der Waals surface area contributed by atoms with Crippen LogP contribution in [0.5, 0.6) is 0 Å². The third-order valence-electron chi connectivity index (χ3n) is 2.48. The fourth-order valence-corrected chi connectivity index (χ4v) is 3.01. The largest absolute Gasteiger partial charge is 0.744 e. The molecule has 2 aromatic rings. The van der Waals surface area contributed by atoms with E-state index in [1.807, 2.05) is 0 Å². The molecule has 103 valence electrons. The molecule has 10 heteroatoms. The van der Waals surface area contributed by atoms with E-state index < -0.39 is 30.0 Å². The van der Waals surface area contributed by atoms with Gasteiger partial charge in [0.1, 0.15) is 15.0 Å². The van der Waals surface area contributed by atoms with Crippen LogP contribution in [0.1, 0.15) is 0 Å². The first-order chi connectivity index (χ1) is 8.59. The molecule has 1 radical (unpaired) electrons. The smallest absolute Gasteiger partial charge is 0.295 e. The van der Waals surface area contributed by atoms with Crippen molar-refractivity contribution >= 4 is 88.1 Å². The molecule has 0 aromatic heterocycles. The summed E-state index contributed by atoms with van der Waals surface area (Å²) in [5.41, 5.74) is 5.74. The fourth-order valence-electron chi connectivity index (χ4n) is 1.67. The maximum atomic E-state index is 11.3. The normalized spacial score (nSPS) is 12.1. The van der Waals surface area contributed by atoms with Crippen molar-refractivity contribution in [3.8, 4) is 0 Å². The maximum Gasteiger partial charge on any atom is 0.295 e. The summed E-state index contributed by atoms with van der Waals surface area (Å²) in [5.74, 6) is 0. The van der Waals surface area contributed by atoms with Crippen molar-refractivity contribution in [2.24, 2.45) is 0 Å². The average Bonchev–Trinajstić information content (AvgIpc) is 2.24. The van der Waals surface area contributed by atoms with Gasteiger partial charge in [-0.25, -0.2) is 8.42 Å². The number of rotatable bonds is 2. The van der Waals surface area contributed by atoms with Gasteiger partial charge in [0, 0.05) is 62.5 Å². The van der Waals surface area contributed by atoms with Crippen molar-refractivity contribution in [3.63, 3.8) is 0 Å². The molecule has 2 rings (SSSR count). The van der Waals surface area contributed by atoms with Gasteiger partial charge in [0.05, 0.1) is 4.90 Å². The van der Waals surface area contributed by atoms with Gasteiger partial charge in [-0.2, -0.15) is 8.42 Å². The molecular weight excluding hydrogens is 333 g/mol. The maximum absolute atomic E-state index is 11.3. The van der Waals surface area contributed by atoms with E-state index in [-0.39, 0.29) is 67.8 Å². The molecule has 7 nitrogen and oxygen atoms in total. The van der Waals surface area contributed by atoms with E-state index in [1.54, 1.807) is 0 Å². The van der Waals surface area contributed by atoms with E-state index >= 15 is 0 Å². The van der Waals surface area contributed by atoms with E-state index in [9.17, 15) is 21.4 Å². The van der Waals surface area contributed by atoms with Crippen molar-refractivity contribution in [1.29, 1.82) is 0 Å². The molecule has 0 fully saturated rings. The van der Waals surface area contributed by atoms with Gasteiger partial charge in [-0.15, -0.1) is 0 Å². The third-order valence-corrected chi connectivity index (χ3v) is 4.19. The number of hydrogen-bond donors (Lipinski definition) is 2. The number of fused-ring (bicyclic) bond motifs is 1. The first-order valence-corrected chi connectivity index (χ1v) is 7.70. The molecule has 0 aliphatic rings. The van der Waals surface area contributed by atoms with Crippen molar-refractivity contribution in [2.45, 2.75) is 9.79 Å². The van der Waals surface area contributed by atoms with Gasteiger partial charge in [-0.1, -0.05) is 6.07 Å². The summed E-state index contributed by atoms with van der Waals surface area (Å²) in [6.45, 7) is 0. The third kappa shape index (κ3) is 3.78. The first kappa shape index (κ1) is 18.0. The molecule has 0 unspecified atom stereocenters. The summed E-state index contributed by atoms with van der Waals surface area (Å²) in [5, 5.41) is 0.202. The molecule has 0 saturated carbocycles. The Kier molecular flexibility index (Phi) is 5.39. The topological polar surface area (TPSA) is 138 Å². The number of nitrogens with two attached hydrogens (primary N) is 1. The molecule has 20 heavy (non-hydrogen) atoms. The van der Waals surface area contributed by atoms with Crippen LogP contribution in [0.4, 0.5) is 5.69 Å². The van der Waals surface area contributed by atoms with Crippen LogP contribution in [0.15, 0.2) is 40.1 Å². The Morgan fingerprint density at radius 3 is 2.15 bits per heavy atom. The molecule has 2 aromatic carbocycles. The van der Waals surface area contributed by atoms with Crippen LogP contribution >= 0.6 is 0 Å². The van der Waals surface area contributed by atoms with Crippen molar-refractivity contribution in [2.75, 3.05) is 5.73 Å². The Morgan fingerprint density at radius 1 is 1.05 bits per heavy atom. The van der Waals surface area contributed by atoms with Gasteiger partial charge in [0.15, 0.2) is 0 Å². The van der Waals surface area contributed by atoms with E-state index in [0.29, 0.717) is 6.07 Å². The minimum atomic E-state index is -4.84. The van der Waals surface area contributed by atoms with Crippen LogP contribution in [0.2, 0.25) is 0 Å². The van der Waals surface area contributed by atoms with Gasteiger partial charge in [-0.3, -0.25) is 4.55 Å². The molecule has 0 saturated heterocycles. The predicted octanol–water partition coefficient (Wildman–Crippen LogP) is 0.192. The number of anilines is 1. The number of benzene rings is 2. The van der Waals surface area contributed by atoms with E-state index in [2.05, 4.69) is 0 Å². The fraction of sp³-hybridized carbons (Fsp3) is 0.